The maximum atomic E-state index is 6.17. The summed E-state index contributed by atoms with van der Waals surface area (Å²) in [5.74, 6) is 2.19. The Balaban J connectivity index is 2.15. The molecule has 4 heteroatoms. The number of aromatic nitrogens is 2. The van der Waals surface area contributed by atoms with E-state index >= 15 is 0 Å². The minimum atomic E-state index is 0.374. The van der Waals surface area contributed by atoms with Gasteiger partial charge >= 0.3 is 0 Å². The number of nitrogens with two attached hydrogens (primary N) is 1. The van der Waals surface area contributed by atoms with Crippen molar-refractivity contribution in [3.05, 3.63) is 5.69 Å². The van der Waals surface area contributed by atoms with E-state index in [0.717, 1.165) is 23.1 Å². The summed E-state index contributed by atoms with van der Waals surface area (Å²) in [4.78, 5) is 0. The van der Waals surface area contributed by atoms with Crippen LogP contribution in [0.2, 0.25) is 0 Å². The van der Waals surface area contributed by atoms with E-state index < -0.39 is 0 Å². The van der Waals surface area contributed by atoms with E-state index in [1.54, 1.807) is 0 Å². The summed E-state index contributed by atoms with van der Waals surface area (Å²) in [5.41, 5.74) is 7.99. The van der Waals surface area contributed by atoms with Gasteiger partial charge in [-0.15, -0.1) is 0 Å². The summed E-state index contributed by atoms with van der Waals surface area (Å²) < 4.78 is 1.88. The fourth-order valence-electron chi connectivity index (χ4n) is 2.69. The normalized spacial score (nSPS) is 24.5. The third kappa shape index (κ3) is 2.40. The summed E-state index contributed by atoms with van der Waals surface area (Å²) in [5, 5.41) is 8.06. The molecule has 17 heavy (non-hydrogen) atoms. The molecule has 1 saturated carbocycles. The predicted octanol–water partition coefficient (Wildman–Crippen LogP) is 2.73. The van der Waals surface area contributed by atoms with Crippen LogP contribution < -0.4 is 11.1 Å². The molecule has 0 radical (unpaired) electrons. The first kappa shape index (κ1) is 12.3. The molecule has 0 aliphatic heterocycles. The number of nitrogen functional groups attached to an aromatic ring is 1. The lowest BCUT2D eigenvalue weighted by atomic mass is 10.1. The van der Waals surface area contributed by atoms with E-state index in [1.807, 2.05) is 11.7 Å². The second-order valence-electron chi connectivity index (χ2n) is 5.69. The second kappa shape index (κ2) is 4.59. The molecule has 2 unspecified atom stereocenters. The molecule has 3 N–H and O–H groups in total. The number of rotatable bonds is 3. The van der Waals surface area contributed by atoms with Crippen LogP contribution in [0.5, 0.6) is 0 Å². The zero-order valence-corrected chi connectivity index (χ0v) is 11.3. The number of nitrogens with one attached hydrogen (secondary N) is 1. The highest BCUT2D eigenvalue weighted by molar-refractivity contribution is 5.66. The monoisotopic (exact) mass is 236 g/mol. The van der Waals surface area contributed by atoms with Crippen LogP contribution in [-0.4, -0.2) is 15.8 Å². The molecular weight excluding hydrogens is 212 g/mol. The van der Waals surface area contributed by atoms with Gasteiger partial charge in [-0.1, -0.05) is 20.8 Å². The van der Waals surface area contributed by atoms with Crippen LogP contribution in [0.15, 0.2) is 0 Å². The summed E-state index contributed by atoms with van der Waals surface area (Å²) in [7, 11) is 1.96. The van der Waals surface area contributed by atoms with Crippen molar-refractivity contribution in [2.75, 3.05) is 11.1 Å². The quantitative estimate of drug-likeness (QED) is 0.848. The Bertz CT molecular complexity index is 394. The third-order valence-electron chi connectivity index (χ3n) is 3.69. The zero-order chi connectivity index (χ0) is 12.6. The molecule has 0 saturated heterocycles. The summed E-state index contributed by atoms with van der Waals surface area (Å²) >= 11 is 0. The van der Waals surface area contributed by atoms with E-state index in [-0.39, 0.29) is 0 Å². The highest BCUT2D eigenvalue weighted by Crippen LogP contribution is 2.32. The average Bonchev–Trinajstić information content (AvgIpc) is 2.77. The third-order valence-corrected chi connectivity index (χ3v) is 3.69. The van der Waals surface area contributed by atoms with Crippen LogP contribution in [-0.2, 0) is 7.05 Å². The molecule has 2 rings (SSSR count). The van der Waals surface area contributed by atoms with Crippen LogP contribution in [0.25, 0.3) is 0 Å². The smallest absolute Gasteiger partial charge is 0.148 e. The molecule has 1 heterocycles. The Labute approximate surface area is 104 Å². The van der Waals surface area contributed by atoms with Gasteiger partial charge in [-0.3, -0.25) is 4.68 Å². The van der Waals surface area contributed by atoms with Gasteiger partial charge in [-0.2, -0.15) is 5.10 Å². The molecule has 1 aliphatic rings. The molecule has 2 atom stereocenters. The Morgan fingerprint density at radius 3 is 2.59 bits per heavy atom. The predicted molar refractivity (Wildman–Crippen MR) is 72.1 cm³/mol. The first-order chi connectivity index (χ1) is 7.99. The van der Waals surface area contributed by atoms with Crippen molar-refractivity contribution in [2.45, 2.75) is 52.0 Å². The van der Waals surface area contributed by atoms with Crippen molar-refractivity contribution in [1.29, 1.82) is 0 Å². The molecule has 1 aromatic rings. The van der Waals surface area contributed by atoms with Gasteiger partial charge in [0.2, 0.25) is 0 Å². The van der Waals surface area contributed by atoms with Gasteiger partial charge in [0.1, 0.15) is 5.82 Å². The molecule has 4 nitrogen and oxygen atoms in total. The molecular formula is C13H24N4. The van der Waals surface area contributed by atoms with E-state index in [1.165, 1.54) is 19.3 Å². The number of nitrogens with zero attached hydrogens (tertiary/aromatic N) is 2. The van der Waals surface area contributed by atoms with E-state index in [2.05, 4.69) is 31.2 Å². The fourth-order valence-corrected chi connectivity index (χ4v) is 2.69. The van der Waals surface area contributed by atoms with Crippen molar-refractivity contribution in [2.24, 2.45) is 13.0 Å². The highest BCUT2D eigenvalue weighted by atomic mass is 15.3. The lowest BCUT2D eigenvalue weighted by molar-refractivity contribution is 0.600. The lowest BCUT2D eigenvalue weighted by Crippen LogP contribution is -2.18. The van der Waals surface area contributed by atoms with E-state index in [4.69, 9.17) is 5.73 Å². The van der Waals surface area contributed by atoms with Crippen LogP contribution in [0.1, 0.15) is 51.6 Å². The van der Waals surface area contributed by atoms with Crippen molar-refractivity contribution in [1.82, 2.24) is 9.78 Å². The lowest BCUT2D eigenvalue weighted by Gasteiger charge is -2.14. The average molecular weight is 236 g/mol. The SMILES string of the molecule is CC1CCC(Nc2c(N)c(C(C)C)nn2C)C1. The minimum Gasteiger partial charge on any atom is -0.394 e. The Morgan fingerprint density at radius 2 is 2.12 bits per heavy atom. The van der Waals surface area contributed by atoms with Gasteiger partial charge in [0.15, 0.2) is 0 Å². The van der Waals surface area contributed by atoms with Crippen molar-refractivity contribution < 1.29 is 0 Å². The number of hydrogen-bond acceptors (Lipinski definition) is 3. The van der Waals surface area contributed by atoms with E-state index in [9.17, 15) is 0 Å². The van der Waals surface area contributed by atoms with Crippen LogP contribution in [0.4, 0.5) is 11.5 Å². The number of hydrogen-bond donors (Lipinski definition) is 2. The maximum Gasteiger partial charge on any atom is 0.148 e. The first-order valence-electron chi connectivity index (χ1n) is 6.58. The molecule has 1 fully saturated rings. The molecule has 0 amide bonds. The fraction of sp³-hybridized carbons (Fsp3) is 0.769. The molecule has 96 valence electrons. The largest absolute Gasteiger partial charge is 0.394 e. The van der Waals surface area contributed by atoms with Gasteiger partial charge < -0.3 is 11.1 Å². The summed E-state index contributed by atoms with van der Waals surface area (Å²) in [6.07, 6.45) is 3.79. The maximum absolute atomic E-state index is 6.17. The minimum absolute atomic E-state index is 0.374. The topological polar surface area (TPSA) is 55.9 Å². The standard InChI is InChI=1S/C13H24N4/c1-8(2)12-11(14)13(17(4)16-12)15-10-6-5-9(3)7-10/h8-10,15H,5-7,14H2,1-4H3. The first-order valence-corrected chi connectivity index (χ1v) is 6.58. The van der Waals surface area contributed by atoms with Crippen molar-refractivity contribution in [3.8, 4) is 0 Å². The van der Waals surface area contributed by atoms with Gasteiger partial charge in [0.05, 0.1) is 11.4 Å². The Kier molecular flexibility index (Phi) is 3.31. The molecule has 0 spiro atoms. The Hall–Kier alpha value is -1.19. The van der Waals surface area contributed by atoms with Crippen molar-refractivity contribution in [3.63, 3.8) is 0 Å². The van der Waals surface area contributed by atoms with E-state index in [0.29, 0.717) is 12.0 Å². The molecule has 1 aliphatic carbocycles. The number of aryl methyl sites for hydroxylation is 1. The molecule has 0 aromatic carbocycles. The summed E-state index contributed by atoms with van der Waals surface area (Å²) in [6, 6.07) is 0.558. The van der Waals surface area contributed by atoms with Gasteiger partial charge in [-0.25, -0.2) is 0 Å². The second-order valence-corrected chi connectivity index (χ2v) is 5.69. The van der Waals surface area contributed by atoms with Crippen LogP contribution >= 0.6 is 0 Å². The number of anilines is 2. The van der Waals surface area contributed by atoms with Gasteiger partial charge in [0.25, 0.3) is 0 Å². The van der Waals surface area contributed by atoms with Crippen LogP contribution in [0, 0.1) is 5.92 Å². The highest BCUT2D eigenvalue weighted by Gasteiger charge is 2.24. The van der Waals surface area contributed by atoms with Gasteiger partial charge in [0, 0.05) is 13.1 Å². The zero-order valence-electron chi connectivity index (χ0n) is 11.3. The molecule has 1 aromatic heterocycles. The van der Waals surface area contributed by atoms with Crippen molar-refractivity contribution >= 4 is 11.5 Å². The summed E-state index contributed by atoms with van der Waals surface area (Å²) in [6.45, 7) is 6.56. The Morgan fingerprint density at radius 1 is 1.41 bits per heavy atom. The van der Waals surface area contributed by atoms with Crippen LogP contribution in [0.3, 0.4) is 0 Å². The molecule has 0 bridgehead atoms. The van der Waals surface area contributed by atoms with Gasteiger partial charge in [-0.05, 0) is 31.1 Å².